The van der Waals surface area contributed by atoms with Crippen molar-refractivity contribution in [1.29, 1.82) is 0 Å². The molecule has 2 heterocycles. The maximum absolute atomic E-state index is 14.4. The zero-order valence-electron chi connectivity index (χ0n) is 15.5. The van der Waals surface area contributed by atoms with Crippen LogP contribution in [0.2, 0.25) is 0 Å². The molecule has 2 aliphatic heterocycles. The molecule has 2 fully saturated rings. The van der Waals surface area contributed by atoms with Crippen LogP contribution in [0.5, 0.6) is 0 Å². The lowest BCUT2D eigenvalue weighted by molar-refractivity contribution is 0.00578. The van der Waals surface area contributed by atoms with Crippen molar-refractivity contribution in [2.24, 2.45) is 0 Å². The van der Waals surface area contributed by atoms with E-state index in [0.717, 1.165) is 37.4 Å². The van der Waals surface area contributed by atoms with E-state index in [2.05, 4.69) is 4.90 Å². The second kappa shape index (κ2) is 7.19. The van der Waals surface area contributed by atoms with Gasteiger partial charge in [-0.3, -0.25) is 4.90 Å². The molecule has 0 atom stereocenters. The first-order valence-corrected chi connectivity index (χ1v) is 8.89. The fourth-order valence-electron chi connectivity index (χ4n) is 2.95. The summed E-state index contributed by atoms with van der Waals surface area (Å²) < 4.78 is 31.6. The van der Waals surface area contributed by atoms with Gasteiger partial charge in [0.15, 0.2) is 0 Å². The molecule has 25 heavy (non-hydrogen) atoms. The Balaban J connectivity index is 1.63. The summed E-state index contributed by atoms with van der Waals surface area (Å²) in [6.45, 7) is 11.8. The van der Waals surface area contributed by atoms with Gasteiger partial charge in [0.25, 0.3) is 0 Å². The molecule has 0 unspecified atom stereocenters. The lowest BCUT2D eigenvalue weighted by atomic mass is 9.89. The molecule has 0 amide bonds. The Morgan fingerprint density at radius 2 is 1.76 bits per heavy atom. The Hall–Kier alpha value is -1.21. The maximum atomic E-state index is 14.4. The summed E-state index contributed by atoms with van der Waals surface area (Å²) in [6.07, 6.45) is 1.85. The van der Waals surface area contributed by atoms with Gasteiger partial charge in [0.05, 0.1) is 24.4 Å². The van der Waals surface area contributed by atoms with Crippen molar-refractivity contribution in [3.8, 4) is 0 Å². The molecule has 1 aromatic carbocycles. The van der Waals surface area contributed by atoms with Gasteiger partial charge in [-0.1, -0.05) is 24.2 Å². The van der Waals surface area contributed by atoms with Crippen molar-refractivity contribution >= 4 is 13.2 Å². The summed E-state index contributed by atoms with van der Waals surface area (Å²) >= 11 is 0. The molecular weight excluding hydrogens is 320 g/mol. The van der Waals surface area contributed by atoms with Gasteiger partial charge in [0.1, 0.15) is 5.82 Å². The van der Waals surface area contributed by atoms with E-state index in [9.17, 15) is 4.39 Å². The highest BCUT2D eigenvalue weighted by Gasteiger charge is 2.49. The van der Waals surface area contributed by atoms with E-state index in [1.807, 2.05) is 51.9 Å². The predicted molar refractivity (Wildman–Crippen MR) is 97.6 cm³/mol. The Morgan fingerprint density at radius 3 is 2.36 bits per heavy atom. The van der Waals surface area contributed by atoms with Crippen molar-refractivity contribution in [2.45, 2.75) is 45.4 Å². The summed E-state index contributed by atoms with van der Waals surface area (Å²) in [7, 11) is -0.416. The first kappa shape index (κ1) is 18.6. The van der Waals surface area contributed by atoms with Crippen molar-refractivity contribution < 1.29 is 18.4 Å². The second-order valence-corrected chi connectivity index (χ2v) is 7.72. The molecule has 0 bridgehead atoms. The number of benzene rings is 1. The largest absolute Gasteiger partial charge is 0.487 e. The number of rotatable bonds is 4. The molecule has 6 heteroatoms. The molecule has 1 aromatic rings. The number of halogens is 1. The van der Waals surface area contributed by atoms with Crippen molar-refractivity contribution in [3.05, 3.63) is 41.1 Å². The third kappa shape index (κ3) is 4.32. The van der Waals surface area contributed by atoms with Crippen molar-refractivity contribution in [3.63, 3.8) is 0 Å². The van der Waals surface area contributed by atoms with Crippen LogP contribution in [0.25, 0.3) is 6.08 Å². The molecular formula is C19H27BFNO3. The first-order valence-electron chi connectivity index (χ1n) is 8.89. The van der Waals surface area contributed by atoms with Gasteiger partial charge in [-0.25, -0.2) is 4.39 Å². The third-order valence-electron chi connectivity index (χ3n) is 5.29. The first-order chi connectivity index (χ1) is 11.8. The molecule has 2 saturated heterocycles. The summed E-state index contributed by atoms with van der Waals surface area (Å²) in [5, 5.41) is 0. The van der Waals surface area contributed by atoms with E-state index in [-0.39, 0.29) is 17.0 Å². The van der Waals surface area contributed by atoms with Crippen LogP contribution in [0, 0.1) is 5.82 Å². The van der Waals surface area contributed by atoms with Gasteiger partial charge in [-0.2, -0.15) is 0 Å². The molecule has 0 aliphatic carbocycles. The average Bonchev–Trinajstić information content (AvgIpc) is 2.76. The lowest BCUT2D eigenvalue weighted by Gasteiger charge is -2.32. The number of nitrogens with zero attached hydrogens (tertiary/aromatic N) is 1. The summed E-state index contributed by atoms with van der Waals surface area (Å²) in [5.74, 6) is 1.66. The average molecular weight is 347 g/mol. The third-order valence-corrected chi connectivity index (χ3v) is 5.29. The van der Waals surface area contributed by atoms with Gasteiger partial charge in [-0.15, -0.1) is 0 Å². The Bertz CT molecular complexity index is 626. The number of hydrogen-bond acceptors (Lipinski definition) is 4. The van der Waals surface area contributed by atoms with Crippen LogP contribution >= 0.6 is 0 Å². The molecule has 4 nitrogen and oxygen atoms in total. The van der Waals surface area contributed by atoms with Crippen molar-refractivity contribution in [1.82, 2.24) is 4.90 Å². The molecule has 2 aliphatic rings. The minimum atomic E-state index is -0.416. The highest BCUT2D eigenvalue weighted by atomic mass is 19.1. The quantitative estimate of drug-likeness (QED) is 0.782. The second-order valence-electron chi connectivity index (χ2n) is 7.72. The van der Waals surface area contributed by atoms with Gasteiger partial charge in [0.2, 0.25) is 0 Å². The normalized spacial score (nSPS) is 23.5. The van der Waals surface area contributed by atoms with E-state index in [1.165, 1.54) is 0 Å². The van der Waals surface area contributed by atoms with Gasteiger partial charge in [-0.05, 0) is 39.3 Å². The van der Waals surface area contributed by atoms with E-state index in [1.54, 1.807) is 6.07 Å². The van der Waals surface area contributed by atoms with Gasteiger partial charge >= 0.3 is 7.12 Å². The zero-order chi connectivity index (χ0) is 18.1. The van der Waals surface area contributed by atoms with Gasteiger partial charge < -0.3 is 14.0 Å². The molecule has 0 spiro atoms. The molecule has 3 rings (SSSR count). The maximum Gasteiger partial charge on any atom is 0.487 e. The van der Waals surface area contributed by atoms with Crippen LogP contribution in [-0.4, -0.2) is 49.5 Å². The van der Waals surface area contributed by atoms with Crippen LogP contribution in [0.15, 0.2) is 24.2 Å². The van der Waals surface area contributed by atoms with E-state index in [0.29, 0.717) is 6.54 Å². The summed E-state index contributed by atoms with van der Waals surface area (Å²) in [6, 6.07) is 5.35. The molecule has 0 N–H and O–H groups in total. The van der Waals surface area contributed by atoms with Crippen LogP contribution in [0.4, 0.5) is 4.39 Å². The molecule has 0 saturated carbocycles. The zero-order valence-corrected chi connectivity index (χ0v) is 15.5. The number of hydrogen-bond donors (Lipinski definition) is 0. The van der Waals surface area contributed by atoms with Crippen LogP contribution in [0.1, 0.15) is 38.8 Å². The Kier molecular flexibility index (Phi) is 5.35. The molecule has 0 aromatic heterocycles. The predicted octanol–water partition coefficient (Wildman–Crippen LogP) is 3.30. The Morgan fingerprint density at radius 1 is 1.12 bits per heavy atom. The van der Waals surface area contributed by atoms with Crippen LogP contribution < -0.4 is 0 Å². The van der Waals surface area contributed by atoms with E-state index in [4.69, 9.17) is 14.0 Å². The molecule has 0 radical (unpaired) electrons. The summed E-state index contributed by atoms with van der Waals surface area (Å²) in [5.41, 5.74) is 0.789. The van der Waals surface area contributed by atoms with E-state index < -0.39 is 7.12 Å². The fraction of sp³-hybridized carbons (Fsp3) is 0.579. The standard InChI is InChI=1S/C19H27BFNO3/c1-18(2)19(3,4)25-20(24-18)8-7-15-5-6-16(17(21)13-15)14-22-9-11-23-12-10-22/h5-8,13H,9-12,14H2,1-4H3. The highest BCUT2D eigenvalue weighted by Crippen LogP contribution is 2.37. The minimum absolute atomic E-state index is 0.178. The fourth-order valence-corrected chi connectivity index (χ4v) is 2.95. The van der Waals surface area contributed by atoms with Gasteiger partial charge in [0, 0.05) is 25.2 Å². The topological polar surface area (TPSA) is 30.9 Å². The number of ether oxygens (including phenoxy) is 1. The van der Waals surface area contributed by atoms with E-state index >= 15 is 0 Å². The Labute approximate surface area is 150 Å². The monoisotopic (exact) mass is 347 g/mol. The summed E-state index contributed by atoms with van der Waals surface area (Å²) in [4.78, 5) is 2.21. The minimum Gasteiger partial charge on any atom is -0.400 e. The highest BCUT2D eigenvalue weighted by molar-refractivity contribution is 6.52. The SMILES string of the molecule is CC1(C)OB(C=Cc2ccc(CN3CCOCC3)c(F)c2)OC1(C)C. The van der Waals surface area contributed by atoms with Crippen molar-refractivity contribution in [2.75, 3.05) is 26.3 Å². The van der Waals surface area contributed by atoms with Crippen LogP contribution in [0.3, 0.4) is 0 Å². The molecule has 136 valence electrons. The smallest absolute Gasteiger partial charge is 0.400 e. The lowest BCUT2D eigenvalue weighted by Crippen LogP contribution is -2.41. The number of morpholine rings is 1. The van der Waals surface area contributed by atoms with Crippen LogP contribution in [-0.2, 0) is 20.6 Å².